The number of hydrogen-bond donors (Lipinski definition) is 1. The molecule has 16 heavy (non-hydrogen) atoms. The fourth-order valence-electron chi connectivity index (χ4n) is 2.65. The monoisotopic (exact) mass is 220 g/mol. The molecule has 88 valence electrons. The second kappa shape index (κ2) is 4.46. The van der Waals surface area contributed by atoms with Gasteiger partial charge < -0.3 is 9.84 Å². The molecule has 0 aromatic heterocycles. The first-order valence-electron chi connectivity index (χ1n) is 6.04. The summed E-state index contributed by atoms with van der Waals surface area (Å²) in [6, 6.07) is 7.83. The van der Waals surface area contributed by atoms with E-state index in [2.05, 4.69) is 6.92 Å². The van der Waals surface area contributed by atoms with Crippen LogP contribution in [0, 0.1) is 5.92 Å². The Bertz CT molecular complexity index is 362. The molecular weight excluding hydrogens is 200 g/mol. The molecule has 1 aliphatic carbocycles. The Morgan fingerprint density at radius 1 is 1.38 bits per heavy atom. The van der Waals surface area contributed by atoms with Crippen molar-refractivity contribution in [3.05, 3.63) is 29.8 Å². The highest BCUT2D eigenvalue weighted by molar-refractivity contribution is 5.33. The molecule has 0 bridgehead atoms. The van der Waals surface area contributed by atoms with Crippen LogP contribution < -0.4 is 4.74 Å². The highest BCUT2D eigenvalue weighted by atomic mass is 16.5. The number of methoxy groups -OCH3 is 1. The first kappa shape index (κ1) is 11.5. The fourth-order valence-corrected chi connectivity index (χ4v) is 2.65. The van der Waals surface area contributed by atoms with Crippen molar-refractivity contribution >= 4 is 0 Å². The van der Waals surface area contributed by atoms with E-state index in [1.807, 2.05) is 24.3 Å². The molecule has 0 heterocycles. The molecule has 2 heteroatoms. The summed E-state index contributed by atoms with van der Waals surface area (Å²) >= 11 is 0. The Hall–Kier alpha value is -1.02. The van der Waals surface area contributed by atoms with Crippen LogP contribution in [0.2, 0.25) is 0 Å². The van der Waals surface area contributed by atoms with Crippen LogP contribution in [0.4, 0.5) is 0 Å². The zero-order valence-electron chi connectivity index (χ0n) is 10.1. The number of benzene rings is 1. The normalized spacial score (nSPS) is 30.1. The molecule has 1 fully saturated rings. The van der Waals surface area contributed by atoms with Gasteiger partial charge in [-0.1, -0.05) is 31.9 Å². The summed E-state index contributed by atoms with van der Waals surface area (Å²) in [6.45, 7) is 2.14. The molecule has 0 saturated heterocycles. The van der Waals surface area contributed by atoms with Gasteiger partial charge >= 0.3 is 0 Å². The van der Waals surface area contributed by atoms with Gasteiger partial charge in [0.2, 0.25) is 0 Å². The van der Waals surface area contributed by atoms with E-state index in [1.165, 1.54) is 6.42 Å². The van der Waals surface area contributed by atoms with Gasteiger partial charge in [-0.25, -0.2) is 0 Å². The summed E-state index contributed by atoms with van der Waals surface area (Å²) < 4.78 is 5.21. The van der Waals surface area contributed by atoms with Crippen molar-refractivity contribution in [3.63, 3.8) is 0 Å². The smallest absolute Gasteiger partial charge is 0.119 e. The summed E-state index contributed by atoms with van der Waals surface area (Å²) in [6.07, 6.45) is 4.31. The van der Waals surface area contributed by atoms with Gasteiger partial charge in [-0.2, -0.15) is 0 Å². The first-order chi connectivity index (χ1) is 7.66. The second-order valence-corrected chi connectivity index (χ2v) is 4.80. The van der Waals surface area contributed by atoms with Gasteiger partial charge in [-0.05, 0) is 36.5 Å². The average Bonchev–Trinajstić information content (AvgIpc) is 2.33. The molecule has 0 unspecified atom stereocenters. The van der Waals surface area contributed by atoms with Crippen molar-refractivity contribution in [2.75, 3.05) is 7.11 Å². The zero-order chi connectivity index (χ0) is 11.6. The molecule has 1 aromatic rings. The first-order valence-corrected chi connectivity index (χ1v) is 6.04. The van der Waals surface area contributed by atoms with Crippen LogP contribution in [0.1, 0.15) is 38.2 Å². The summed E-state index contributed by atoms with van der Waals surface area (Å²) in [5.74, 6) is 1.15. The van der Waals surface area contributed by atoms with Crippen LogP contribution >= 0.6 is 0 Å². The Labute approximate surface area is 97.3 Å². The van der Waals surface area contributed by atoms with Crippen molar-refractivity contribution in [2.24, 2.45) is 5.92 Å². The number of aliphatic hydroxyl groups is 1. The predicted molar refractivity (Wildman–Crippen MR) is 64.5 cm³/mol. The number of rotatable bonds is 2. The molecule has 2 atom stereocenters. The van der Waals surface area contributed by atoms with E-state index in [0.717, 1.165) is 30.6 Å². The summed E-state index contributed by atoms with van der Waals surface area (Å²) in [5, 5.41) is 10.8. The molecule has 2 rings (SSSR count). The highest BCUT2D eigenvalue weighted by Crippen LogP contribution is 2.42. The van der Waals surface area contributed by atoms with Crippen LogP contribution in [-0.2, 0) is 5.60 Å². The van der Waals surface area contributed by atoms with Gasteiger partial charge in [0.25, 0.3) is 0 Å². The Kier molecular flexibility index (Phi) is 3.20. The van der Waals surface area contributed by atoms with Crippen LogP contribution in [0.25, 0.3) is 0 Å². The van der Waals surface area contributed by atoms with Crippen LogP contribution in [0.15, 0.2) is 24.3 Å². The zero-order valence-corrected chi connectivity index (χ0v) is 10.1. The second-order valence-electron chi connectivity index (χ2n) is 4.80. The van der Waals surface area contributed by atoms with Crippen molar-refractivity contribution in [2.45, 2.75) is 38.2 Å². The van der Waals surface area contributed by atoms with Crippen molar-refractivity contribution in [1.29, 1.82) is 0 Å². The minimum atomic E-state index is -0.660. The minimum absolute atomic E-state index is 0.327. The molecule has 0 radical (unpaired) electrons. The van der Waals surface area contributed by atoms with E-state index in [4.69, 9.17) is 4.74 Å². The Balaban J connectivity index is 2.33. The molecule has 1 aliphatic rings. The number of ether oxygens (including phenoxy) is 1. The third-order valence-electron chi connectivity index (χ3n) is 3.83. The van der Waals surface area contributed by atoms with Crippen molar-refractivity contribution < 1.29 is 9.84 Å². The molecular formula is C14H20O2. The molecule has 0 aliphatic heterocycles. The standard InChI is InChI=1S/C14H20O2/c1-11-6-3-4-9-14(11,15)12-7-5-8-13(10-12)16-2/h5,7-8,10-11,15H,3-4,6,9H2,1-2H3/t11-,14+/m0/s1. The lowest BCUT2D eigenvalue weighted by atomic mass is 9.72. The van der Waals surface area contributed by atoms with Crippen LogP contribution in [-0.4, -0.2) is 12.2 Å². The van der Waals surface area contributed by atoms with E-state index in [-0.39, 0.29) is 0 Å². The maximum absolute atomic E-state index is 10.8. The number of hydrogen-bond acceptors (Lipinski definition) is 2. The average molecular weight is 220 g/mol. The van der Waals surface area contributed by atoms with E-state index >= 15 is 0 Å². The Morgan fingerprint density at radius 2 is 2.19 bits per heavy atom. The van der Waals surface area contributed by atoms with Crippen LogP contribution in [0.3, 0.4) is 0 Å². The fraction of sp³-hybridized carbons (Fsp3) is 0.571. The maximum atomic E-state index is 10.8. The lowest BCUT2D eigenvalue weighted by molar-refractivity contribution is -0.0470. The molecule has 1 saturated carbocycles. The summed E-state index contributed by atoms with van der Waals surface area (Å²) in [5.41, 5.74) is 0.339. The van der Waals surface area contributed by atoms with E-state index in [1.54, 1.807) is 7.11 Å². The van der Waals surface area contributed by atoms with Crippen molar-refractivity contribution in [3.8, 4) is 5.75 Å². The molecule has 1 N–H and O–H groups in total. The van der Waals surface area contributed by atoms with Crippen LogP contribution in [0.5, 0.6) is 5.75 Å². The van der Waals surface area contributed by atoms with E-state index in [0.29, 0.717) is 5.92 Å². The molecule has 0 spiro atoms. The van der Waals surface area contributed by atoms with E-state index in [9.17, 15) is 5.11 Å². The summed E-state index contributed by atoms with van der Waals surface area (Å²) in [7, 11) is 1.66. The van der Waals surface area contributed by atoms with Gasteiger partial charge in [-0.15, -0.1) is 0 Å². The topological polar surface area (TPSA) is 29.5 Å². The minimum Gasteiger partial charge on any atom is -0.497 e. The summed E-state index contributed by atoms with van der Waals surface area (Å²) in [4.78, 5) is 0. The van der Waals surface area contributed by atoms with Gasteiger partial charge in [0.05, 0.1) is 12.7 Å². The SMILES string of the molecule is COc1cccc([C@@]2(O)CCCC[C@@H]2C)c1. The van der Waals surface area contributed by atoms with Gasteiger partial charge in [0.15, 0.2) is 0 Å². The quantitative estimate of drug-likeness (QED) is 0.830. The predicted octanol–water partition coefficient (Wildman–Crippen LogP) is 3.09. The van der Waals surface area contributed by atoms with Gasteiger partial charge in [-0.3, -0.25) is 0 Å². The van der Waals surface area contributed by atoms with Crippen molar-refractivity contribution in [1.82, 2.24) is 0 Å². The molecule has 1 aromatic carbocycles. The molecule has 0 amide bonds. The third kappa shape index (κ3) is 1.94. The van der Waals surface area contributed by atoms with Gasteiger partial charge in [0, 0.05) is 0 Å². The molecule has 2 nitrogen and oxygen atoms in total. The van der Waals surface area contributed by atoms with Gasteiger partial charge in [0.1, 0.15) is 5.75 Å². The third-order valence-corrected chi connectivity index (χ3v) is 3.83. The Morgan fingerprint density at radius 3 is 2.88 bits per heavy atom. The maximum Gasteiger partial charge on any atom is 0.119 e. The highest BCUT2D eigenvalue weighted by Gasteiger charge is 2.37. The van der Waals surface area contributed by atoms with E-state index < -0.39 is 5.60 Å². The lowest BCUT2D eigenvalue weighted by Crippen LogP contribution is -2.36. The largest absolute Gasteiger partial charge is 0.497 e. The lowest BCUT2D eigenvalue weighted by Gasteiger charge is -2.38.